The number of benzene rings is 2. The minimum atomic E-state index is -0.788. The van der Waals surface area contributed by atoms with Crippen LogP contribution in [0.5, 0.6) is 11.5 Å². The lowest BCUT2D eigenvalue weighted by Crippen LogP contribution is -2.34. The topological polar surface area (TPSA) is 93.7 Å². The summed E-state index contributed by atoms with van der Waals surface area (Å²) < 4.78 is 10.9. The van der Waals surface area contributed by atoms with Crippen LogP contribution in [0, 0.1) is 0 Å². The summed E-state index contributed by atoms with van der Waals surface area (Å²) >= 11 is 1.28. The first-order valence-electron chi connectivity index (χ1n) is 9.27. The molecule has 30 heavy (non-hydrogen) atoms. The van der Waals surface area contributed by atoms with E-state index in [0.717, 1.165) is 4.88 Å². The second-order valence-electron chi connectivity index (χ2n) is 6.46. The van der Waals surface area contributed by atoms with Crippen LogP contribution in [-0.2, 0) is 16.1 Å². The smallest absolute Gasteiger partial charge is 0.313 e. The lowest BCUT2D eigenvalue weighted by Gasteiger charge is -2.18. The summed E-state index contributed by atoms with van der Waals surface area (Å²) in [5.74, 6) is -0.511. The number of anilines is 1. The molecule has 7 nitrogen and oxygen atoms in total. The lowest BCUT2D eigenvalue weighted by molar-refractivity contribution is -0.136. The van der Waals surface area contributed by atoms with E-state index in [9.17, 15) is 14.4 Å². The number of carbonyl (C=O) groups is 3. The van der Waals surface area contributed by atoms with E-state index < -0.39 is 11.8 Å². The molecule has 3 aromatic rings. The summed E-state index contributed by atoms with van der Waals surface area (Å²) in [6.07, 6.45) is 0. The summed E-state index contributed by atoms with van der Waals surface area (Å²) in [5, 5.41) is 5.10. The highest BCUT2D eigenvalue weighted by Crippen LogP contribution is 2.32. The third kappa shape index (κ3) is 4.49. The predicted molar refractivity (Wildman–Crippen MR) is 112 cm³/mol. The highest BCUT2D eigenvalue weighted by molar-refractivity contribution is 7.14. The van der Waals surface area contributed by atoms with Crippen molar-refractivity contribution in [3.05, 3.63) is 76.0 Å². The maximum atomic E-state index is 12.5. The second-order valence-corrected chi connectivity index (χ2v) is 7.62. The van der Waals surface area contributed by atoms with E-state index in [4.69, 9.17) is 9.47 Å². The van der Waals surface area contributed by atoms with Gasteiger partial charge in [0.2, 0.25) is 5.78 Å². The van der Waals surface area contributed by atoms with Crippen molar-refractivity contribution in [2.24, 2.45) is 0 Å². The average Bonchev–Trinajstić information content (AvgIpc) is 3.26. The SMILES string of the molecule is O=C(NCc1ccc(C(=O)c2ccccc2)s1)C(=O)Nc1ccc2c(c1)OCCO2. The van der Waals surface area contributed by atoms with E-state index in [2.05, 4.69) is 10.6 Å². The number of hydrogen-bond donors (Lipinski definition) is 2. The molecule has 0 spiro atoms. The molecule has 2 heterocycles. The molecule has 2 N–H and O–H groups in total. The molecule has 0 radical (unpaired) electrons. The average molecular weight is 422 g/mol. The van der Waals surface area contributed by atoms with E-state index in [-0.39, 0.29) is 12.3 Å². The first kappa shape index (κ1) is 19.7. The maximum Gasteiger partial charge on any atom is 0.313 e. The number of nitrogens with one attached hydrogen (secondary N) is 2. The number of carbonyl (C=O) groups excluding carboxylic acids is 3. The van der Waals surface area contributed by atoms with Gasteiger partial charge in [-0.1, -0.05) is 30.3 Å². The molecule has 4 rings (SSSR count). The highest BCUT2D eigenvalue weighted by atomic mass is 32.1. The Bertz CT molecular complexity index is 1090. The van der Waals surface area contributed by atoms with Crippen molar-refractivity contribution in [2.75, 3.05) is 18.5 Å². The van der Waals surface area contributed by atoms with Crippen molar-refractivity contribution < 1.29 is 23.9 Å². The van der Waals surface area contributed by atoms with Gasteiger partial charge in [0.1, 0.15) is 13.2 Å². The molecular formula is C22H18N2O5S. The standard InChI is InChI=1S/C22H18N2O5S/c25-20(14-4-2-1-3-5-14)19-9-7-16(30-19)13-23-21(26)22(27)24-15-6-8-17-18(12-15)29-11-10-28-17/h1-9,12H,10-11,13H2,(H,23,26)(H,24,27). The lowest BCUT2D eigenvalue weighted by atomic mass is 10.1. The van der Waals surface area contributed by atoms with Gasteiger partial charge in [-0.25, -0.2) is 0 Å². The van der Waals surface area contributed by atoms with Crippen LogP contribution in [0.1, 0.15) is 20.1 Å². The van der Waals surface area contributed by atoms with Gasteiger partial charge in [0.15, 0.2) is 11.5 Å². The van der Waals surface area contributed by atoms with E-state index in [1.165, 1.54) is 11.3 Å². The second kappa shape index (κ2) is 8.79. The molecule has 0 bridgehead atoms. The van der Waals surface area contributed by atoms with Crippen molar-refractivity contribution in [2.45, 2.75) is 6.54 Å². The first-order valence-corrected chi connectivity index (χ1v) is 10.1. The molecule has 0 atom stereocenters. The Morgan fingerprint density at radius 1 is 0.867 bits per heavy atom. The van der Waals surface area contributed by atoms with Gasteiger partial charge in [-0.05, 0) is 24.3 Å². The Balaban J connectivity index is 1.32. The Labute approximate surface area is 176 Å². The molecule has 0 saturated heterocycles. The van der Waals surface area contributed by atoms with Gasteiger partial charge in [-0.15, -0.1) is 11.3 Å². The highest BCUT2D eigenvalue weighted by Gasteiger charge is 2.17. The fourth-order valence-electron chi connectivity index (χ4n) is 2.88. The number of hydrogen-bond acceptors (Lipinski definition) is 6. The van der Waals surface area contributed by atoms with Gasteiger partial charge in [-0.2, -0.15) is 0 Å². The zero-order valence-electron chi connectivity index (χ0n) is 15.8. The fraction of sp³-hybridized carbons (Fsp3) is 0.136. The number of rotatable bonds is 5. The summed E-state index contributed by atoms with van der Waals surface area (Å²) in [6, 6.07) is 17.4. The predicted octanol–water partition coefficient (Wildman–Crippen LogP) is 3.01. The van der Waals surface area contributed by atoms with Crippen LogP contribution in [-0.4, -0.2) is 30.8 Å². The zero-order chi connectivity index (χ0) is 20.9. The summed E-state index contributed by atoms with van der Waals surface area (Å²) in [6.45, 7) is 1.06. The van der Waals surface area contributed by atoms with Crippen LogP contribution >= 0.6 is 11.3 Å². The third-order valence-corrected chi connectivity index (χ3v) is 5.43. The minimum absolute atomic E-state index is 0.0745. The van der Waals surface area contributed by atoms with Crippen molar-refractivity contribution in [3.63, 3.8) is 0 Å². The Hall–Kier alpha value is -3.65. The molecule has 2 aromatic carbocycles. The summed E-state index contributed by atoms with van der Waals surface area (Å²) in [4.78, 5) is 38.1. The molecule has 2 amide bonds. The van der Waals surface area contributed by atoms with E-state index in [1.807, 2.05) is 18.2 Å². The van der Waals surface area contributed by atoms with Crippen molar-refractivity contribution in [1.82, 2.24) is 5.32 Å². The molecule has 0 aliphatic carbocycles. The Morgan fingerprint density at radius 3 is 2.43 bits per heavy atom. The molecule has 0 fully saturated rings. The zero-order valence-corrected chi connectivity index (χ0v) is 16.7. The third-order valence-electron chi connectivity index (χ3n) is 4.35. The van der Waals surface area contributed by atoms with E-state index in [1.54, 1.807) is 42.5 Å². The molecule has 8 heteroatoms. The van der Waals surface area contributed by atoms with Gasteiger partial charge >= 0.3 is 11.8 Å². The molecule has 0 unspecified atom stereocenters. The number of amides is 2. The summed E-state index contributed by atoms with van der Waals surface area (Å²) in [5.41, 5.74) is 1.04. The van der Waals surface area contributed by atoms with Crippen LogP contribution in [0.4, 0.5) is 5.69 Å². The largest absolute Gasteiger partial charge is 0.486 e. The van der Waals surface area contributed by atoms with Gasteiger partial charge < -0.3 is 20.1 Å². The number of thiophene rings is 1. The van der Waals surface area contributed by atoms with Crippen molar-refractivity contribution in [3.8, 4) is 11.5 Å². The fourth-order valence-corrected chi connectivity index (χ4v) is 3.79. The van der Waals surface area contributed by atoms with E-state index >= 15 is 0 Å². The van der Waals surface area contributed by atoms with Crippen LogP contribution in [0.25, 0.3) is 0 Å². The van der Waals surface area contributed by atoms with Gasteiger partial charge in [-0.3, -0.25) is 14.4 Å². The maximum absolute atomic E-state index is 12.5. The number of fused-ring (bicyclic) bond motifs is 1. The molecule has 152 valence electrons. The molecule has 0 saturated carbocycles. The monoisotopic (exact) mass is 422 g/mol. The van der Waals surface area contributed by atoms with Gasteiger partial charge in [0.25, 0.3) is 0 Å². The molecule has 1 aliphatic heterocycles. The number of ether oxygens (including phenoxy) is 2. The quantitative estimate of drug-likeness (QED) is 0.487. The van der Waals surface area contributed by atoms with Crippen LogP contribution in [0.3, 0.4) is 0 Å². The minimum Gasteiger partial charge on any atom is -0.486 e. The Kier molecular flexibility index (Phi) is 5.76. The first-order chi connectivity index (χ1) is 14.6. The number of ketones is 1. The molecule has 1 aliphatic rings. The van der Waals surface area contributed by atoms with Crippen LogP contribution in [0.2, 0.25) is 0 Å². The molecule has 1 aromatic heterocycles. The van der Waals surface area contributed by atoms with Crippen LogP contribution in [0.15, 0.2) is 60.7 Å². The van der Waals surface area contributed by atoms with Gasteiger partial charge in [0, 0.05) is 22.2 Å². The van der Waals surface area contributed by atoms with Gasteiger partial charge in [0.05, 0.1) is 11.4 Å². The normalized spacial score (nSPS) is 12.1. The molecular weight excluding hydrogens is 404 g/mol. The van der Waals surface area contributed by atoms with Crippen LogP contribution < -0.4 is 20.1 Å². The van der Waals surface area contributed by atoms with E-state index in [0.29, 0.717) is 40.8 Å². The van der Waals surface area contributed by atoms with Crippen molar-refractivity contribution in [1.29, 1.82) is 0 Å². The Morgan fingerprint density at radius 2 is 1.63 bits per heavy atom. The van der Waals surface area contributed by atoms with Crippen molar-refractivity contribution >= 4 is 34.6 Å². The summed E-state index contributed by atoms with van der Waals surface area (Å²) in [7, 11) is 0.